The van der Waals surface area contributed by atoms with Gasteiger partial charge in [-0.3, -0.25) is 4.21 Å². The molecule has 0 aliphatic carbocycles. The van der Waals surface area contributed by atoms with Gasteiger partial charge >= 0.3 is 0 Å². The van der Waals surface area contributed by atoms with Crippen molar-refractivity contribution in [2.75, 3.05) is 38.2 Å². The minimum Gasteiger partial charge on any atom is -0.760 e. The summed E-state index contributed by atoms with van der Waals surface area (Å²) in [5.74, 6) is 0.827. The van der Waals surface area contributed by atoms with Crippen LogP contribution in [0.4, 0.5) is 5.69 Å². The van der Waals surface area contributed by atoms with Crippen LogP contribution in [0.5, 0.6) is 5.75 Å². The van der Waals surface area contributed by atoms with Crippen LogP contribution < -0.4 is 9.64 Å². The second-order valence-corrected chi connectivity index (χ2v) is 4.78. The lowest BCUT2D eigenvalue weighted by Gasteiger charge is -2.36. The van der Waals surface area contributed by atoms with Crippen LogP contribution in [0, 0.1) is 0 Å². The Morgan fingerprint density at radius 2 is 1.76 bits per heavy atom. The maximum Gasteiger partial charge on any atom is 0.119 e. The zero-order valence-corrected chi connectivity index (χ0v) is 10.5. The van der Waals surface area contributed by atoms with Gasteiger partial charge in [0.25, 0.3) is 0 Å². The SMILES string of the molecule is COc1ccc(N2CCN(S(=O)[O-])CC2)cc1. The Balaban J connectivity index is 1.97. The predicted octanol–water partition coefficient (Wildman–Crippen LogP) is 0.611. The molecule has 1 saturated heterocycles. The molecular formula is C11H15N2O3S-. The maximum absolute atomic E-state index is 10.8. The number of piperazine rings is 1. The summed E-state index contributed by atoms with van der Waals surface area (Å²) >= 11 is -2.09. The average molecular weight is 255 g/mol. The van der Waals surface area contributed by atoms with Crippen molar-refractivity contribution in [3.63, 3.8) is 0 Å². The highest BCUT2D eigenvalue weighted by Gasteiger charge is 2.17. The largest absolute Gasteiger partial charge is 0.760 e. The van der Waals surface area contributed by atoms with E-state index >= 15 is 0 Å². The summed E-state index contributed by atoms with van der Waals surface area (Å²) < 4.78 is 28.1. The number of ether oxygens (including phenoxy) is 1. The highest BCUT2D eigenvalue weighted by atomic mass is 32.2. The van der Waals surface area contributed by atoms with E-state index in [0.29, 0.717) is 13.1 Å². The molecule has 1 aliphatic heterocycles. The van der Waals surface area contributed by atoms with Gasteiger partial charge in [-0.25, -0.2) is 4.31 Å². The second kappa shape index (κ2) is 5.48. The molecule has 1 aromatic rings. The first-order chi connectivity index (χ1) is 8.20. The van der Waals surface area contributed by atoms with E-state index in [-0.39, 0.29) is 0 Å². The van der Waals surface area contributed by atoms with Crippen molar-refractivity contribution in [2.45, 2.75) is 0 Å². The molecular weight excluding hydrogens is 240 g/mol. The van der Waals surface area contributed by atoms with E-state index in [1.54, 1.807) is 7.11 Å². The fraction of sp³-hybridized carbons (Fsp3) is 0.455. The normalized spacial score (nSPS) is 19.1. The van der Waals surface area contributed by atoms with Gasteiger partial charge in [-0.05, 0) is 24.3 Å². The van der Waals surface area contributed by atoms with E-state index in [1.165, 1.54) is 4.31 Å². The number of hydrogen-bond donors (Lipinski definition) is 0. The topological polar surface area (TPSA) is 55.8 Å². The summed E-state index contributed by atoms with van der Waals surface area (Å²) in [6, 6.07) is 7.80. The molecule has 1 aliphatic rings. The van der Waals surface area contributed by atoms with E-state index in [2.05, 4.69) is 4.90 Å². The number of anilines is 1. The molecule has 0 radical (unpaired) electrons. The fourth-order valence-electron chi connectivity index (χ4n) is 1.89. The smallest absolute Gasteiger partial charge is 0.119 e. The molecule has 0 amide bonds. The second-order valence-electron chi connectivity index (χ2n) is 3.83. The van der Waals surface area contributed by atoms with Crippen molar-refractivity contribution in [3.05, 3.63) is 24.3 Å². The Bertz CT molecular complexity index is 388. The van der Waals surface area contributed by atoms with Crippen LogP contribution in [0.15, 0.2) is 24.3 Å². The third kappa shape index (κ3) is 2.96. The van der Waals surface area contributed by atoms with Crippen LogP contribution in [-0.4, -0.2) is 46.4 Å². The molecule has 0 spiro atoms. The summed E-state index contributed by atoms with van der Waals surface area (Å²) in [4.78, 5) is 2.17. The zero-order valence-electron chi connectivity index (χ0n) is 9.67. The molecule has 0 saturated carbocycles. The number of nitrogens with zero attached hydrogens (tertiary/aromatic N) is 2. The third-order valence-electron chi connectivity index (χ3n) is 2.89. The molecule has 5 nitrogen and oxygen atoms in total. The summed E-state index contributed by atoms with van der Waals surface area (Å²) in [6.45, 7) is 2.53. The van der Waals surface area contributed by atoms with Gasteiger partial charge in [0.05, 0.1) is 7.11 Å². The Kier molecular flexibility index (Phi) is 3.98. The summed E-state index contributed by atoms with van der Waals surface area (Å²) in [5, 5.41) is 0. The van der Waals surface area contributed by atoms with Crippen molar-refractivity contribution in [1.82, 2.24) is 4.31 Å². The minimum atomic E-state index is -2.09. The van der Waals surface area contributed by atoms with Gasteiger partial charge < -0.3 is 14.2 Å². The Morgan fingerprint density at radius 1 is 1.18 bits per heavy atom. The molecule has 1 heterocycles. The van der Waals surface area contributed by atoms with Gasteiger partial charge in [-0.15, -0.1) is 0 Å². The third-order valence-corrected chi connectivity index (χ3v) is 3.67. The monoisotopic (exact) mass is 255 g/mol. The fourth-order valence-corrected chi connectivity index (χ4v) is 2.35. The highest BCUT2D eigenvalue weighted by Crippen LogP contribution is 2.20. The Morgan fingerprint density at radius 3 is 2.24 bits per heavy atom. The molecule has 0 aromatic heterocycles. The van der Waals surface area contributed by atoms with Gasteiger partial charge in [0.2, 0.25) is 0 Å². The van der Waals surface area contributed by atoms with Gasteiger partial charge in [0, 0.05) is 43.1 Å². The Labute approximate surface area is 103 Å². The number of rotatable bonds is 3. The molecule has 17 heavy (non-hydrogen) atoms. The van der Waals surface area contributed by atoms with Crippen LogP contribution in [-0.2, 0) is 11.3 Å². The maximum atomic E-state index is 10.8. The lowest BCUT2D eigenvalue weighted by Crippen LogP contribution is -2.46. The van der Waals surface area contributed by atoms with Crippen LogP contribution in [0.2, 0.25) is 0 Å². The molecule has 0 bridgehead atoms. The quantitative estimate of drug-likeness (QED) is 0.743. The van der Waals surface area contributed by atoms with Crippen LogP contribution >= 0.6 is 0 Å². The minimum absolute atomic E-state index is 0.544. The number of hydrogen-bond acceptors (Lipinski definition) is 4. The van der Waals surface area contributed by atoms with Crippen molar-refractivity contribution in [1.29, 1.82) is 0 Å². The molecule has 2 rings (SSSR count). The van der Waals surface area contributed by atoms with Crippen molar-refractivity contribution in [3.8, 4) is 5.75 Å². The molecule has 6 heteroatoms. The number of benzene rings is 1. The number of methoxy groups -OCH3 is 1. The summed E-state index contributed by atoms with van der Waals surface area (Å²) in [5.41, 5.74) is 1.10. The van der Waals surface area contributed by atoms with Crippen LogP contribution in [0.3, 0.4) is 0 Å². The van der Waals surface area contributed by atoms with Crippen LogP contribution in [0.1, 0.15) is 0 Å². The lowest BCUT2D eigenvalue weighted by molar-refractivity contribution is 0.366. The Hall–Kier alpha value is -1.11. The van der Waals surface area contributed by atoms with E-state index in [0.717, 1.165) is 24.5 Å². The van der Waals surface area contributed by atoms with Gasteiger partial charge in [0.15, 0.2) is 0 Å². The van der Waals surface area contributed by atoms with Crippen molar-refractivity contribution in [2.24, 2.45) is 0 Å². The zero-order chi connectivity index (χ0) is 12.3. The molecule has 1 fully saturated rings. The van der Waals surface area contributed by atoms with Gasteiger partial charge in [-0.1, -0.05) is 0 Å². The van der Waals surface area contributed by atoms with E-state index in [4.69, 9.17) is 4.74 Å². The average Bonchev–Trinajstić information content (AvgIpc) is 2.39. The molecule has 1 atom stereocenters. The summed E-state index contributed by atoms with van der Waals surface area (Å²) in [7, 11) is 1.64. The first-order valence-electron chi connectivity index (χ1n) is 5.44. The lowest BCUT2D eigenvalue weighted by atomic mass is 10.2. The predicted molar refractivity (Wildman–Crippen MR) is 65.7 cm³/mol. The van der Waals surface area contributed by atoms with Gasteiger partial charge in [0.1, 0.15) is 5.75 Å². The van der Waals surface area contributed by atoms with Crippen LogP contribution in [0.25, 0.3) is 0 Å². The molecule has 1 aromatic carbocycles. The van der Waals surface area contributed by atoms with E-state index in [9.17, 15) is 8.76 Å². The molecule has 1 unspecified atom stereocenters. The molecule has 0 N–H and O–H groups in total. The van der Waals surface area contributed by atoms with Gasteiger partial charge in [-0.2, -0.15) is 0 Å². The van der Waals surface area contributed by atoms with E-state index < -0.39 is 11.3 Å². The van der Waals surface area contributed by atoms with E-state index in [1.807, 2.05) is 24.3 Å². The summed E-state index contributed by atoms with van der Waals surface area (Å²) in [6.07, 6.45) is 0. The van der Waals surface area contributed by atoms with Crippen molar-refractivity contribution >= 4 is 17.0 Å². The van der Waals surface area contributed by atoms with Crippen molar-refractivity contribution < 1.29 is 13.5 Å². The highest BCUT2D eigenvalue weighted by molar-refractivity contribution is 7.76. The first kappa shape index (κ1) is 12.3. The standard InChI is InChI=1S/C11H16N2O3S/c1-16-11-4-2-10(3-5-11)12-6-8-13(9-7-12)17(14)15/h2-5H,6-9H2,1H3,(H,14,15)/p-1. The first-order valence-corrected chi connectivity index (χ1v) is 6.47. The molecule has 94 valence electrons.